The molecule has 242 valence electrons. The minimum Gasteiger partial charge on any atom is -0.276 e. The molecular weight excluding hydrogens is 623 g/mol. The van der Waals surface area contributed by atoms with Crippen LogP contribution in [-0.4, -0.2) is 21.4 Å². The van der Waals surface area contributed by atoms with Crippen LogP contribution in [0.5, 0.6) is 0 Å². The molecule has 2 aromatic heterocycles. The number of benzene rings is 5. The normalized spacial score (nSPS) is 13.4. The third-order valence-corrected chi connectivity index (χ3v) is 9.08. The summed E-state index contributed by atoms with van der Waals surface area (Å²) in [6.45, 7) is 0. The second-order valence-electron chi connectivity index (χ2n) is 12.3. The van der Waals surface area contributed by atoms with E-state index in [0.717, 1.165) is 72.5 Å². The number of para-hydroxylation sites is 1. The summed E-state index contributed by atoms with van der Waals surface area (Å²) in [5.41, 5.74) is 18.3. The Balaban J connectivity index is 1.26. The quantitative estimate of drug-likeness (QED) is 0.126. The summed E-state index contributed by atoms with van der Waals surface area (Å²) in [6.07, 6.45) is 11.5. The lowest BCUT2D eigenvalue weighted by Crippen LogP contribution is -2.46. The molecule has 2 heterocycles. The minimum atomic E-state index is 0.585. The number of pyridine rings is 2. The van der Waals surface area contributed by atoms with E-state index in [9.17, 15) is 0 Å². The van der Waals surface area contributed by atoms with Gasteiger partial charge in [0.25, 0.3) is 0 Å². The Morgan fingerprint density at radius 3 is 1.47 bits per heavy atom. The third kappa shape index (κ3) is 6.69. The number of anilines is 1. The molecule has 0 saturated carbocycles. The number of rotatable bonds is 8. The molecule has 0 fully saturated rings. The Kier molecular flexibility index (Phi) is 8.74. The average Bonchev–Trinajstić information content (AvgIpc) is 3.22. The molecule has 1 aliphatic carbocycles. The predicted octanol–water partition coefficient (Wildman–Crippen LogP) is 9.29. The van der Waals surface area contributed by atoms with Gasteiger partial charge in [0, 0.05) is 35.9 Å². The van der Waals surface area contributed by atoms with Crippen molar-refractivity contribution in [3.8, 4) is 44.5 Å². The molecule has 0 radical (unpaired) electrons. The maximum Gasteiger partial charge on any atom is 0.232 e. The summed E-state index contributed by atoms with van der Waals surface area (Å²) >= 11 is 0. The zero-order valence-corrected chi connectivity index (χ0v) is 27.8. The summed E-state index contributed by atoms with van der Waals surface area (Å²) in [6, 6.07) is 52.2. The van der Waals surface area contributed by atoms with Crippen LogP contribution in [0.1, 0.15) is 11.1 Å². The van der Waals surface area contributed by atoms with Crippen LogP contribution in [0.3, 0.4) is 0 Å². The smallest absolute Gasteiger partial charge is 0.232 e. The fraction of sp³-hybridized carbons (Fsp3) is 0. The number of hydrogen-bond donors (Lipinski definition) is 2. The number of nitrogens with one attached hydrogen (secondary N) is 1. The molecule has 5 aromatic carbocycles. The van der Waals surface area contributed by atoms with Crippen molar-refractivity contribution in [2.45, 2.75) is 0 Å². The van der Waals surface area contributed by atoms with Crippen LogP contribution in [-0.2, 0) is 0 Å². The topological polar surface area (TPSA) is 75.8 Å². The van der Waals surface area contributed by atoms with Gasteiger partial charge in [0.05, 0.1) is 11.3 Å². The standard InChI is InChI=1S/C46H33N5/c47-45-43(39-17-8-15-37(29-39)33-22-26-49-27-23-33)30-40(38-16-7-14-36(28-38)32-20-24-48-25-21-32)31-44(45)50-51-46-41(34-10-3-1-4-11-34)18-9-19-42(46)35-12-5-2-6-13-35/h1-31,47,51H/p+1/b47-45?,50-44-. The second kappa shape index (κ2) is 14.2. The van der Waals surface area contributed by atoms with Gasteiger partial charge in [0.1, 0.15) is 0 Å². The molecule has 1 aliphatic rings. The molecule has 0 saturated heterocycles. The van der Waals surface area contributed by atoms with Crippen LogP contribution in [0.2, 0.25) is 0 Å². The highest BCUT2D eigenvalue weighted by molar-refractivity contribution is 6.61. The number of hydrogen-bond acceptors (Lipinski definition) is 4. The molecule has 51 heavy (non-hydrogen) atoms. The average molecular weight is 657 g/mol. The monoisotopic (exact) mass is 656 g/mol. The van der Waals surface area contributed by atoms with Gasteiger partial charge in [0.15, 0.2) is 5.71 Å². The van der Waals surface area contributed by atoms with Crippen LogP contribution < -0.4 is 10.8 Å². The third-order valence-electron chi connectivity index (χ3n) is 9.08. The lowest BCUT2D eigenvalue weighted by Gasteiger charge is -2.18. The lowest BCUT2D eigenvalue weighted by molar-refractivity contribution is -0.108. The van der Waals surface area contributed by atoms with Gasteiger partial charge in [-0.25, -0.2) is 0 Å². The van der Waals surface area contributed by atoms with Crippen molar-refractivity contribution in [1.82, 2.24) is 9.97 Å². The number of hydrazone groups is 1. The zero-order valence-electron chi connectivity index (χ0n) is 27.8. The summed E-state index contributed by atoms with van der Waals surface area (Å²) < 4.78 is 0. The first-order chi connectivity index (χ1) is 25.2. The van der Waals surface area contributed by atoms with E-state index in [1.54, 1.807) is 0 Å². The molecular formula is C46H34N5+. The Morgan fingerprint density at radius 1 is 0.431 bits per heavy atom. The van der Waals surface area contributed by atoms with Gasteiger partial charge in [-0.05, 0) is 98.6 Å². The number of nitrogens with two attached hydrogens (primary N) is 1. The molecule has 5 heteroatoms. The van der Waals surface area contributed by atoms with Crippen LogP contribution in [0.15, 0.2) is 194 Å². The van der Waals surface area contributed by atoms with Gasteiger partial charge in [-0.3, -0.25) is 20.8 Å². The van der Waals surface area contributed by atoms with Gasteiger partial charge in [-0.1, -0.05) is 115 Å². The van der Waals surface area contributed by atoms with Crippen molar-refractivity contribution >= 4 is 28.3 Å². The van der Waals surface area contributed by atoms with E-state index in [1.165, 1.54) is 0 Å². The van der Waals surface area contributed by atoms with Crippen molar-refractivity contribution < 1.29 is 5.41 Å². The number of allylic oxidation sites excluding steroid dienone is 4. The number of aromatic nitrogens is 2. The highest BCUT2D eigenvalue weighted by Crippen LogP contribution is 2.38. The van der Waals surface area contributed by atoms with E-state index >= 15 is 0 Å². The Hall–Kier alpha value is -6.98. The summed E-state index contributed by atoms with van der Waals surface area (Å²) in [5.74, 6) is 0. The molecule has 0 unspecified atom stereocenters. The molecule has 0 amide bonds. The SMILES string of the molecule is [NH2+]=C1C(c2cccc(-c3ccncc3)c2)=CC(c2cccc(-c3ccncc3)c2)=C/C1=N/Nc1c(-c2ccccc2)cccc1-c1ccccc1. The molecule has 8 rings (SSSR count). The van der Waals surface area contributed by atoms with Gasteiger partial charge in [-0.15, -0.1) is 0 Å². The molecule has 0 atom stereocenters. The van der Waals surface area contributed by atoms with Crippen LogP contribution >= 0.6 is 0 Å². The van der Waals surface area contributed by atoms with Gasteiger partial charge < -0.3 is 0 Å². The number of nitrogens with zero attached hydrogens (tertiary/aromatic N) is 3. The van der Waals surface area contributed by atoms with E-state index < -0.39 is 0 Å². The van der Waals surface area contributed by atoms with Crippen LogP contribution in [0, 0.1) is 0 Å². The molecule has 7 aromatic rings. The first-order valence-electron chi connectivity index (χ1n) is 16.9. The summed E-state index contributed by atoms with van der Waals surface area (Å²) in [7, 11) is 0. The predicted molar refractivity (Wildman–Crippen MR) is 211 cm³/mol. The molecule has 0 aliphatic heterocycles. The van der Waals surface area contributed by atoms with Crippen molar-refractivity contribution in [1.29, 1.82) is 0 Å². The largest absolute Gasteiger partial charge is 0.276 e. The first-order valence-corrected chi connectivity index (χ1v) is 16.9. The molecule has 0 spiro atoms. The summed E-state index contributed by atoms with van der Waals surface area (Å²) in [4.78, 5) is 8.41. The zero-order chi connectivity index (χ0) is 34.4. The van der Waals surface area contributed by atoms with Crippen molar-refractivity contribution in [2.24, 2.45) is 5.10 Å². The van der Waals surface area contributed by atoms with Gasteiger partial charge >= 0.3 is 0 Å². The molecule has 3 N–H and O–H groups in total. The second-order valence-corrected chi connectivity index (χ2v) is 12.3. The van der Waals surface area contributed by atoms with E-state index in [0.29, 0.717) is 11.4 Å². The van der Waals surface area contributed by atoms with Crippen molar-refractivity contribution in [3.63, 3.8) is 0 Å². The van der Waals surface area contributed by atoms with Crippen LogP contribution in [0.4, 0.5) is 5.69 Å². The first kappa shape index (κ1) is 31.3. The lowest BCUT2D eigenvalue weighted by atomic mass is 9.86. The maximum atomic E-state index is 7.08. The Morgan fingerprint density at radius 2 is 0.902 bits per heavy atom. The van der Waals surface area contributed by atoms with Crippen molar-refractivity contribution in [2.75, 3.05) is 5.43 Å². The highest BCUT2D eigenvalue weighted by Gasteiger charge is 2.25. The summed E-state index contributed by atoms with van der Waals surface area (Å²) in [5, 5.41) is 12.2. The van der Waals surface area contributed by atoms with E-state index in [4.69, 9.17) is 10.5 Å². The fourth-order valence-electron chi connectivity index (χ4n) is 6.47. The van der Waals surface area contributed by atoms with Gasteiger partial charge in [-0.2, -0.15) is 5.10 Å². The van der Waals surface area contributed by atoms with Crippen LogP contribution in [0.25, 0.3) is 55.7 Å². The minimum absolute atomic E-state index is 0.585. The van der Waals surface area contributed by atoms with Crippen molar-refractivity contribution in [3.05, 3.63) is 200 Å². The highest BCUT2D eigenvalue weighted by atomic mass is 15.3. The molecule has 5 nitrogen and oxygen atoms in total. The fourth-order valence-corrected chi connectivity index (χ4v) is 6.47. The Labute approximate surface area is 297 Å². The molecule has 0 bridgehead atoms. The Bertz CT molecular complexity index is 2370. The maximum absolute atomic E-state index is 7.08. The van der Waals surface area contributed by atoms with E-state index in [1.807, 2.05) is 61.2 Å². The van der Waals surface area contributed by atoms with Gasteiger partial charge in [0.2, 0.25) is 5.71 Å². The van der Waals surface area contributed by atoms with E-state index in [2.05, 4.69) is 143 Å². The van der Waals surface area contributed by atoms with E-state index in [-0.39, 0.29) is 0 Å².